The largest absolute Gasteiger partial charge is 0.481 e. The fraction of sp³-hybridized carbons (Fsp3) is 0.417. The highest BCUT2D eigenvalue weighted by Crippen LogP contribution is 2.04. The van der Waals surface area contributed by atoms with Crippen molar-refractivity contribution in [3.8, 4) is 0 Å². The fourth-order valence-corrected chi connectivity index (χ4v) is 1.36. The lowest BCUT2D eigenvalue weighted by Gasteiger charge is -2.06. The van der Waals surface area contributed by atoms with E-state index in [-0.39, 0.29) is 18.7 Å². The van der Waals surface area contributed by atoms with Crippen LogP contribution < -0.4 is 5.32 Å². The Hall–Kier alpha value is -1.91. The summed E-state index contributed by atoms with van der Waals surface area (Å²) in [6, 6.07) is 1.88. The molecule has 2 N–H and O–H groups in total. The van der Waals surface area contributed by atoms with Crippen LogP contribution in [-0.4, -0.2) is 22.0 Å². The highest BCUT2D eigenvalue weighted by atomic mass is 16.4. The number of hydrogen-bond acceptors (Lipinski definition) is 3. The summed E-state index contributed by atoms with van der Waals surface area (Å²) in [5, 5.41) is 11.2. The molecule has 1 rings (SSSR count). The Morgan fingerprint density at radius 3 is 2.82 bits per heavy atom. The van der Waals surface area contributed by atoms with Crippen LogP contribution in [0.4, 0.5) is 0 Å². The van der Waals surface area contributed by atoms with Crippen molar-refractivity contribution in [1.29, 1.82) is 0 Å². The molecule has 0 bridgehead atoms. The number of carboxylic acid groups (broad SMARTS) is 1. The SMILES string of the molecule is Cc1ccncc1CNC(=O)CCCC(=O)O. The molecule has 5 heteroatoms. The number of aromatic nitrogens is 1. The first kappa shape index (κ1) is 13.2. The topological polar surface area (TPSA) is 79.3 Å². The van der Waals surface area contributed by atoms with Crippen molar-refractivity contribution in [3.63, 3.8) is 0 Å². The van der Waals surface area contributed by atoms with E-state index >= 15 is 0 Å². The molecule has 0 unspecified atom stereocenters. The Morgan fingerprint density at radius 1 is 1.41 bits per heavy atom. The molecule has 1 amide bonds. The molecule has 1 aromatic heterocycles. The minimum Gasteiger partial charge on any atom is -0.481 e. The first-order chi connectivity index (χ1) is 8.09. The van der Waals surface area contributed by atoms with Crippen LogP contribution in [0.25, 0.3) is 0 Å². The van der Waals surface area contributed by atoms with Gasteiger partial charge in [0.05, 0.1) is 0 Å². The number of carbonyl (C=O) groups is 2. The van der Waals surface area contributed by atoms with Gasteiger partial charge >= 0.3 is 5.97 Å². The zero-order valence-electron chi connectivity index (χ0n) is 9.77. The molecule has 1 heterocycles. The molecule has 0 saturated carbocycles. The smallest absolute Gasteiger partial charge is 0.303 e. The van der Waals surface area contributed by atoms with Crippen LogP contribution >= 0.6 is 0 Å². The second-order valence-electron chi connectivity index (χ2n) is 3.83. The van der Waals surface area contributed by atoms with Crippen LogP contribution in [0, 0.1) is 6.92 Å². The zero-order chi connectivity index (χ0) is 12.7. The van der Waals surface area contributed by atoms with Gasteiger partial charge in [-0.3, -0.25) is 14.6 Å². The predicted octanol–water partition coefficient (Wildman–Crippen LogP) is 1.26. The Balaban J connectivity index is 2.29. The van der Waals surface area contributed by atoms with Crippen molar-refractivity contribution in [2.45, 2.75) is 32.7 Å². The molecular formula is C12H16N2O3. The van der Waals surface area contributed by atoms with Crippen LogP contribution in [0.2, 0.25) is 0 Å². The van der Waals surface area contributed by atoms with Crippen molar-refractivity contribution < 1.29 is 14.7 Å². The monoisotopic (exact) mass is 236 g/mol. The number of rotatable bonds is 6. The predicted molar refractivity (Wildman–Crippen MR) is 62.3 cm³/mol. The third-order valence-electron chi connectivity index (χ3n) is 2.42. The molecule has 0 aromatic carbocycles. The van der Waals surface area contributed by atoms with Gasteiger partial charge in [0.1, 0.15) is 0 Å². The second-order valence-corrected chi connectivity index (χ2v) is 3.83. The van der Waals surface area contributed by atoms with Crippen LogP contribution in [0.15, 0.2) is 18.5 Å². The number of pyridine rings is 1. The van der Waals surface area contributed by atoms with Crippen molar-refractivity contribution in [3.05, 3.63) is 29.6 Å². The Morgan fingerprint density at radius 2 is 2.18 bits per heavy atom. The number of hydrogen-bond donors (Lipinski definition) is 2. The summed E-state index contributed by atoms with van der Waals surface area (Å²) in [5.74, 6) is -1.00. The van der Waals surface area contributed by atoms with Gasteiger partial charge in [-0.05, 0) is 30.5 Å². The number of carboxylic acids is 1. The summed E-state index contributed by atoms with van der Waals surface area (Å²) < 4.78 is 0. The van der Waals surface area contributed by atoms with Gasteiger partial charge in [0.2, 0.25) is 5.91 Å². The van der Waals surface area contributed by atoms with Gasteiger partial charge in [-0.15, -0.1) is 0 Å². The molecule has 0 aliphatic heterocycles. The minimum absolute atomic E-state index is 0.0271. The first-order valence-corrected chi connectivity index (χ1v) is 5.47. The van der Waals surface area contributed by atoms with Crippen LogP contribution in [0.3, 0.4) is 0 Å². The summed E-state index contributed by atoms with van der Waals surface area (Å²) in [4.78, 5) is 25.6. The lowest BCUT2D eigenvalue weighted by molar-refractivity contribution is -0.137. The molecule has 0 spiro atoms. The molecular weight excluding hydrogens is 220 g/mol. The van der Waals surface area contributed by atoms with E-state index in [0.717, 1.165) is 11.1 Å². The van der Waals surface area contributed by atoms with E-state index in [2.05, 4.69) is 10.3 Å². The van der Waals surface area contributed by atoms with Crippen LogP contribution in [0.1, 0.15) is 30.4 Å². The third-order valence-corrected chi connectivity index (χ3v) is 2.42. The maximum absolute atomic E-state index is 11.4. The van der Waals surface area contributed by atoms with Crippen LogP contribution in [-0.2, 0) is 16.1 Å². The lowest BCUT2D eigenvalue weighted by atomic mass is 10.1. The number of nitrogens with one attached hydrogen (secondary N) is 1. The molecule has 17 heavy (non-hydrogen) atoms. The number of aliphatic carboxylic acids is 1. The molecule has 92 valence electrons. The molecule has 0 aliphatic carbocycles. The lowest BCUT2D eigenvalue weighted by Crippen LogP contribution is -2.23. The van der Waals surface area contributed by atoms with E-state index in [9.17, 15) is 9.59 Å². The van der Waals surface area contributed by atoms with E-state index in [4.69, 9.17) is 5.11 Å². The third kappa shape index (κ3) is 5.10. The van der Waals surface area contributed by atoms with Gasteiger partial charge in [-0.25, -0.2) is 0 Å². The maximum atomic E-state index is 11.4. The van der Waals surface area contributed by atoms with E-state index in [0.29, 0.717) is 13.0 Å². The van der Waals surface area contributed by atoms with E-state index in [1.54, 1.807) is 12.4 Å². The first-order valence-electron chi connectivity index (χ1n) is 5.47. The summed E-state index contributed by atoms with van der Waals surface area (Å²) in [6.07, 6.45) is 4.05. The average molecular weight is 236 g/mol. The van der Waals surface area contributed by atoms with Gasteiger partial charge in [0.25, 0.3) is 0 Å². The zero-order valence-corrected chi connectivity index (χ0v) is 9.77. The number of nitrogens with zero attached hydrogens (tertiary/aromatic N) is 1. The Kier molecular flexibility index (Phi) is 5.13. The molecule has 0 atom stereocenters. The summed E-state index contributed by atoms with van der Waals surface area (Å²) in [5.41, 5.74) is 2.05. The van der Waals surface area contributed by atoms with Gasteiger partial charge < -0.3 is 10.4 Å². The van der Waals surface area contributed by atoms with Crippen molar-refractivity contribution in [2.75, 3.05) is 0 Å². The van der Waals surface area contributed by atoms with E-state index in [1.807, 2.05) is 13.0 Å². The van der Waals surface area contributed by atoms with Crippen molar-refractivity contribution in [1.82, 2.24) is 10.3 Å². The quantitative estimate of drug-likeness (QED) is 0.779. The standard InChI is InChI=1S/C12H16N2O3/c1-9-5-6-13-7-10(9)8-14-11(15)3-2-4-12(16)17/h5-7H,2-4,8H2,1H3,(H,14,15)(H,16,17). The number of aryl methyl sites for hydroxylation is 1. The van der Waals surface area contributed by atoms with Crippen molar-refractivity contribution >= 4 is 11.9 Å². The summed E-state index contributed by atoms with van der Waals surface area (Å²) >= 11 is 0. The van der Waals surface area contributed by atoms with E-state index in [1.165, 1.54) is 0 Å². The van der Waals surface area contributed by atoms with E-state index < -0.39 is 5.97 Å². The number of carbonyl (C=O) groups excluding carboxylic acids is 1. The minimum atomic E-state index is -0.874. The maximum Gasteiger partial charge on any atom is 0.303 e. The molecule has 1 aromatic rings. The van der Waals surface area contributed by atoms with Crippen LogP contribution in [0.5, 0.6) is 0 Å². The summed E-state index contributed by atoms with van der Waals surface area (Å²) in [7, 11) is 0. The molecule has 0 saturated heterocycles. The van der Waals surface area contributed by atoms with Crippen molar-refractivity contribution in [2.24, 2.45) is 0 Å². The van der Waals surface area contributed by atoms with Gasteiger partial charge in [-0.1, -0.05) is 0 Å². The highest BCUT2D eigenvalue weighted by molar-refractivity contribution is 5.76. The van der Waals surface area contributed by atoms with Gasteiger partial charge in [0.15, 0.2) is 0 Å². The highest BCUT2D eigenvalue weighted by Gasteiger charge is 2.04. The normalized spacial score (nSPS) is 9.94. The average Bonchev–Trinajstić information content (AvgIpc) is 2.27. The fourth-order valence-electron chi connectivity index (χ4n) is 1.36. The van der Waals surface area contributed by atoms with Gasteiger partial charge in [0, 0.05) is 31.8 Å². The molecule has 0 fully saturated rings. The molecule has 0 aliphatic rings. The van der Waals surface area contributed by atoms with Gasteiger partial charge in [-0.2, -0.15) is 0 Å². The molecule has 5 nitrogen and oxygen atoms in total. The molecule has 0 radical (unpaired) electrons. The Bertz CT molecular complexity index is 404. The second kappa shape index (κ2) is 6.62. The Labute approximate surface area is 99.9 Å². The summed E-state index contributed by atoms with van der Waals surface area (Å²) in [6.45, 7) is 2.39. The number of amides is 1.